The van der Waals surface area contributed by atoms with E-state index in [0.29, 0.717) is 19.0 Å². The van der Waals surface area contributed by atoms with Crippen molar-refractivity contribution in [2.75, 3.05) is 31.7 Å². The average Bonchev–Trinajstić information content (AvgIpc) is 3.13. The van der Waals surface area contributed by atoms with Crippen LogP contribution in [0.2, 0.25) is 0 Å². The van der Waals surface area contributed by atoms with E-state index in [0.717, 1.165) is 31.0 Å². The van der Waals surface area contributed by atoms with Crippen molar-refractivity contribution >= 4 is 11.6 Å². The van der Waals surface area contributed by atoms with Gasteiger partial charge in [0.15, 0.2) is 0 Å². The van der Waals surface area contributed by atoms with Crippen LogP contribution in [0, 0.1) is 0 Å². The van der Waals surface area contributed by atoms with Crippen molar-refractivity contribution in [3.63, 3.8) is 0 Å². The van der Waals surface area contributed by atoms with Crippen molar-refractivity contribution in [1.29, 1.82) is 0 Å². The second kappa shape index (κ2) is 6.19. The Morgan fingerprint density at radius 2 is 2.43 bits per heavy atom. The highest BCUT2D eigenvalue weighted by Gasteiger charge is 2.25. The van der Waals surface area contributed by atoms with Crippen LogP contribution in [-0.4, -0.2) is 52.5 Å². The Morgan fingerprint density at radius 1 is 1.52 bits per heavy atom. The van der Waals surface area contributed by atoms with Crippen LogP contribution in [-0.2, 0) is 16.1 Å². The maximum absolute atomic E-state index is 5.73. The lowest BCUT2D eigenvalue weighted by molar-refractivity contribution is 0.0908. The largest absolute Gasteiger partial charge is 0.378 e. The Morgan fingerprint density at radius 3 is 3.24 bits per heavy atom. The molecule has 112 valence electrons. The number of methoxy groups -OCH3 is 1. The highest BCUT2D eigenvalue weighted by Crippen LogP contribution is 2.23. The summed E-state index contributed by atoms with van der Waals surface area (Å²) in [6, 6.07) is 2.00. The van der Waals surface area contributed by atoms with E-state index in [1.165, 1.54) is 6.33 Å². The van der Waals surface area contributed by atoms with E-state index in [2.05, 4.69) is 26.5 Å². The molecule has 7 heteroatoms. The third-order valence-electron chi connectivity index (χ3n) is 3.50. The number of nitrogens with zero attached hydrogens (tertiary/aromatic N) is 5. The van der Waals surface area contributed by atoms with Crippen molar-refractivity contribution in [3.05, 3.63) is 30.7 Å². The first-order chi connectivity index (χ1) is 10.3. The van der Waals surface area contributed by atoms with Crippen LogP contribution in [0.5, 0.6) is 0 Å². The van der Waals surface area contributed by atoms with Crippen LogP contribution in [0.3, 0.4) is 0 Å². The van der Waals surface area contributed by atoms with Crippen molar-refractivity contribution < 1.29 is 9.47 Å². The highest BCUT2D eigenvalue weighted by molar-refractivity contribution is 5.48. The van der Waals surface area contributed by atoms with Gasteiger partial charge in [0, 0.05) is 26.3 Å². The summed E-state index contributed by atoms with van der Waals surface area (Å²) in [6.07, 6.45) is 4.51. The summed E-state index contributed by atoms with van der Waals surface area (Å²) in [6.45, 7) is 6.48. The van der Waals surface area contributed by atoms with Gasteiger partial charge in [0.05, 0.1) is 25.0 Å². The molecule has 3 rings (SSSR count). The number of fused-ring (bicyclic) bond motifs is 1. The Bertz CT molecular complexity index is 627. The van der Waals surface area contributed by atoms with Crippen LogP contribution in [0.1, 0.15) is 12.1 Å². The average molecular weight is 289 g/mol. The molecule has 0 bridgehead atoms. The third-order valence-corrected chi connectivity index (χ3v) is 3.50. The van der Waals surface area contributed by atoms with Gasteiger partial charge in [-0.25, -0.2) is 4.98 Å². The monoisotopic (exact) mass is 289 g/mol. The zero-order valence-electron chi connectivity index (χ0n) is 12.1. The molecule has 1 fully saturated rings. The maximum atomic E-state index is 5.73. The molecule has 0 aromatic carbocycles. The van der Waals surface area contributed by atoms with Crippen molar-refractivity contribution in [2.45, 2.75) is 19.1 Å². The zero-order chi connectivity index (χ0) is 14.7. The van der Waals surface area contributed by atoms with Crippen LogP contribution in [0.4, 0.5) is 5.82 Å². The molecule has 3 heterocycles. The van der Waals surface area contributed by atoms with E-state index in [9.17, 15) is 0 Å². The summed E-state index contributed by atoms with van der Waals surface area (Å²) >= 11 is 0. The minimum Gasteiger partial charge on any atom is -0.378 e. The Balaban J connectivity index is 1.85. The quantitative estimate of drug-likeness (QED) is 0.741. The van der Waals surface area contributed by atoms with E-state index in [1.54, 1.807) is 17.7 Å². The molecule has 0 amide bonds. The van der Waals surface area contributed by atoms with Crippen molar-refractivity contribution in [1.82, 2.24) is 19.6 Å². The van der Waals surface area contributed by atoms with Gasteiger partial charge in [-0.2, -0.15) is 14.6 Å². The summed E-state index contributed by atoms with van der Waals surface area (Å²) in [4.78, 5) is 10.8. The fraction of sp³-hybridized carbons (Fsp3) is 0.500. The van der Waals surface area contributed by atoms with Crippen molar-refractivity contribution in [3.8, 4) is 0 Å². The molecule has 2 aromatic rings. The van der Waals surface area contributed by atoms with Gasteiger partial charge in [-0.3, -0.25) is 0 Å². The summed E-state index contributed by atoms with van der Waals surface area (Å²) in [5.41, 5.74) is 0.850. The summed E-state index contributed by atoms with van der Waals surface area (Å²) in [5, 5.41) is 4.26. The normalized spacial score (nSPS) is 18.5. The Kier molecular flexibility index (Phi) is 4.12. The molecule has 0 N–H and O–H groups in total. The summed E-state index contributed by atoms with van der Waals surface area (Å²) < 4.78 is 12.7. The number of rotatable bonds is 6. The minimum atomic E-state index is 0.223. The van der Waals surface area contributed by atoms with E-state index in [4.69, 9.17) is 9.47 Å². The first-order valence-corrected chi connectivity index (χ1v) is 6.98. The lowest BCUT2D eigenvalue weighted by atomic mass is 10.3. The molecule has 1 aliphatic heterocycles. The lowest BCUT2D eigenvalue weighted by Crippen LogP contribution is -2.25. The first-order valence-electron chi connectivity index (χ1n) is 6.98. The second-order valence-corrected chi connectivity index (χ2v) is 4.99. The molecular weight excluding hydrogens is 270 g/mol. The predicted molar refractivity (Wildman–Crippen MR) is 78.3 cm³/mol. The van der Waals surface area contributed by atoms with Crippen LogP contribution in [0.25, 0.3) is 5.78 Å². The van der Waals surface area contributed by atoms with Gasteiger partial charge in [0.1, 0.15) is 12.1 Å². The third kappa shape index (κ3) is 2.88. The standard InChI is InChI=1S/C14H19N5O2/c1-3-6-21-12-4-5-18(8-12)13-7-11(9-20-2)17-14-15-10-16-19(13)14/h3,7,10,12H,1,4-6,8-9H2,2H3. The minimum absolute atomic E-state index is 0.223. The molecule has 2 aromatic heterocycles. The van der Waals surface area contributed by atoms with Crippen LogP contribution >= 0.6 is 0 Å². The highest BCUT2D eigenvalue weighted by atomic mass is 16.5. The molecular formula is C14H19N5O2. The molecule has 0 spiro atoms. The molecule has 0 aliphatic carbocycles. The smallest absolute Gasteiger partial charge is 0.254 e. The van der Waals surface area contributed by atoms with Crippen LogP contribution < -0.4 is 4.90 Å². The molecule has 1 unspecified atom stereocenters. The molecule has 0 saturated carbocycles. The van der Waals surface area contributed by atoms with Gasteiger partial charge >= 0.3 is 0 Å². The number of hydrogen-bond acceptors (Lipinski definition) is 6. The van der Waals surface area contributed by atoms with E-state index >= 15 is 0 Å². The fourth-order valence-corrected chi connectivity index (χ4v) is 2.57. The van der Waals surface area contributed by atoms with Crippen molar-refractivity contribution in [2.24, 2.45) is 0 Å². The fourth-order valence-electron chi connectivity index (χ4n) is 2.57. The van der Waals surface area contributed by atoms with E-state index < -0.39 is 0 Å². The second-order valence-electron chi connectivity index (χ2n) is 4.99. The van der Waals surface area contributed by atoms with Gasteiger partial charge < -0.3 is 14.4 Å². The Hall–Kier alpha value is -1.99. The van der Waals surface area contributed by atoms with Gasteiger partial charge in [0.2, 0.25) is 0 Å². The summed E-state index contributed by atoms with van der Waals surface area (Å²) in [5.74, 6) is 1.57. The molecule has 1 saturated heterocycles. The predicted octanol–water partition coefficient (Wildman–Crippen LogP) is 1.05. The van der Waals surface area contributed by atoms with E-state index in [1.807, 2.05) is 6.07 Å². The maximum Gasteiger partial charge on any atom is 0.254 e. The molecule has 1 aliphatic rings. The first kappa shape index (κ1) is 14.0. The zero-order valence-corrected chi connectivity index (χ0v) is 12.1. The van der Waals surface area contributed by atoms with Crippen LogP contribution in [0.15, 0.2) is 25.0 Å². The number of aromatic nitrogens is 4. The summed E-state index contributed by atoms with van der Waals surface area (Å²) in [7, 11) is 1.66. The number of anilines is 1. The van der Waals surface area contributed by atoms with Gasteiger partial charge in [-0.15, -0.1) is 6.58 Å². The molecule has 21 heavy (non-hydrogen) atoms. The SMILES string of the molecule is C=CCOC1CCN(c2cc(COC)nc3ncnn23)C1. The van der Waals surface area contributed by atoms with Gasteiger partial charge in [-0.1, -0.05) is 6.08 Å². The molecule has 1 atom stereocenters. The number of hydrogen-bond donors (Lipinski definition) is 0. The number of ether oxygens (including phenoxy) is 2. The Labute approximate surface area is 123 Å². The van der Waals surface area contributed by atoms with Gasteiger partial charge in [-0.05, 0) is 6.42 Å². The van der Waals surface area contributed by atoms with E-state index in [-0.39, 0.29) is 6.10 Å². The molecule has 7 nitrogen and oxygen atoms in total. The lowest BCUT2D eigenvalue weighted by Gasteiger charge is -2.19. The van der Waals surface area contributed by atoms with Gasteiger partial charge in [0.25, 0.3) is 5.78 Å². The molecule has 0 radical (unpaired) electrons. The topological polar surface area (TPSA) is 64.8 Å².